The fourth-order valence-electron chi connectivity index (χ4n) is 3.27. The van der Waals surface area contributed by atoms with Gasteiger partial charge in [0.1, 0.15) is 0 Å². The highest BCUT2D eigenvalue weighted by Gasteiger charge is 2.29. The molecular formula is C15H21BrN2O. The van der Waals surface area contributed by atoms with E-state index in [1.165, 1.54) is 38.0 Å². The summed E-state index contributed by atoms with van der Waals surface area (Å²) in [5, 5.41) is 9.16. The second kappa shape index (κ2) is 5.81. The van der Waals surface area contributed by atoms with Gasteiger partial charge in [-0.25, -0.2) is 0 Å². The van der Waals surface area contributed by atoms with Gasteiger partial charge in [0.15, 0.2) is 0 Å². The van der Waals surface area contributed by atoms with Crippen LogP contribution in [0.5, 0.6) is 0 Å². The lowest BCUT2D eigenvalue weighted by atomic mass is 10.2. The summed E-state index contributed by atoms with van der Waals surface area (Å²) in [6.07, 6.45) is 4.00. The SMILES string of the molecule is OCc1ccc(N2CCC(N3CCCC3)C2)c(Br)c1. The molecule has 1 aromatic rings. The van der Waals surface area contributed by atoms with E-state index in [-0.39, 0.29) is 6.61 Å². The first-order valence-corrected chi connectivity index (χ1v) is 7.95. The minimum absolute atomic E-state index is 0.106. The van der Waals surface area contributed by atoms with Gasteiger partial charge in [-0.15, -0.1) is 0 Å². The summed E-state index contributed by atoms with van der Waals surface area (Å²) < 4.78 is 1.10. The molecule has 0 amide bonds. The summed E-state index contributed by atoms with van der Waals surface area (Å²) in [4.78, 5) is 5.12. The van der Waals surface area contributed by atoms with E-state index in [0.717, 1.165) is 29.2 Å². The lowest BCUT2D eigenvalue weighted by molar-refractivity contribution is 0.260. The van der Waals surface area contributed by atoms with Crippen LogP contribution in [0, 0.1) is 0 Å². The van der Waals surface area contributed by atoms with E-state index in [1.54, 1.807) is 0 Å². The maximum atomic E-state index is 9.16. The predicted octanol–water partition coefficient (Wildman–Crippen LogP) is 2.62. The van der Waals surface area contributed by atoms with E-state index in [1.807, 2.05) is 12.1 Å². The van der Waals surface area contributed by atoms with E-state index in [2.05, 4.69) is 31.8 Å². The molecule has 3 rings (SSSR count). The third kappa shape index (κ3) is 2.81. The molecule has 0 spiro atoms. The number of anilines is 1. The Balaban J connectivity index is 1.70. The van der Waals surface area contributed by atoms with Crippen LogP contribution < -0.4 is 4.90 Å². The van der Waals surface area contributed by atoms with Gasteiger partial charge < -0.3 is 10.0 Å². The van der Waals surface area contributed by atoms with Gasteiger partial charge in [0.2, 0.25) is 0 Å². The monoisotopic (exact) mass is 324 g/mol. The van der Waals surface area contributed by atoms with Gasteiger partial charge in [0.25, 0.3) is 0 Å². The minimum Gasteiger partial charge on any atom is -0.392 e. The molecule has 2 aliphatic rings. The van der Waals surface area contributed by atoms with Gasteiger partial charge in [-0.05, 0) is 66.0 Å². The average Bonchev–Trinajstić information content (AvgIpc) is 3.09. The summed E-state index contributed by atoms with van der Waals surface area (Å²) in [6.45, 7) is 4.94. The summed E-state index contributed by atoms with van der Waals surface area (Å²) in [5.74, 6) is 0. The maximum absolute atomic E-state index is 9.16. The van der Waals surface area contributed by atoms with Crippen LogP contribution in [0.4, 0.5) is 5.69 Å². The highest BCUT2D eigenvalue weighted by atomic mass is 79.9. The standard InChI is InChI=1S/C15H21BrN2O/c16-14-9-12(11-19)3-4-15(14)18-8-5-13(10-18)17-6-1-2-7-17/h3-4,9,13,19H,1-2,5-8,10-11H2. The summed E-state index contributed by atoms with van der Waals surface area (Å²) in [5.41, 5.74) is 2.23. The summed E-state index contributed by atoms with van der Waals surface area (Å²) >= 11 is 3.64. The Labute approximate surface area is 123 Å². The number of aliphatic hydroxyl groups is 1. The van der Waals surface area contributed by atoms with E-state index in [0.29, 0.717) is 0 Å². The van der Waals surface area contributed by atoms with E-state index in [9.17, 15) is 0 Å². The Morgan fingerprint density at radius 3 is 2.68 bits per heavy atom. The van der Waals surface area contributed by atoms with Crippen molar-refractivity contribution in [2.45, 2.75) is 31.9 Å². The number of rotatable bonds is 3. The molecule has 4 heteroatoms. The Morgan fingerprint density at radius 2 is 2.00 bits per heavy atom. The zero-order chi connectivity index (χ0) is 13.2. The lowest BCUT2D eigenvalue weighted by Gasteiger charge is -2.25. The number of hydrogen-bond donors (Lipinski definition) is 1. The third-order valence-corrected chi connectivity index (χ3v) is 4.99. The van der Waals surface area contributed by atoms with Crippen molar-refractivity contribution in [1.29, 1.82) is 0 Å². The summed E-state index contributed by atoms with van der Waals surface area (Å²) in [6, 6.07) is 6.90. The number of benzene rings is 1. The van der Waals surface area contributed by atoms with Gasteiger partial charge in [0, 0.05) is 23.6 Å². The van der Waals surface area contributed by atoms with Gasteiger partial charge in [0.05, 0.1) is 12.3 Å². The largest absolute Gasteiger partial charge is 0.392 e. The first kappa shape index (κ1) is 13.4. The number of halogens is 1. The molecule has 2 aliphatic heterocycles. The fourth-order valence-corrected chi connectivity index (χ4v) is 3.95. The van der Waals surface area contributed by atoms with Crippen LogP contribution in [0.25, 0.3) is 0 Å². The molecule has 0 aromatic heterocycles. The highest BCUT2D eigenvalue weighted by Crippen LogP contribution is 2.31. The zero-order valence-electron chi connectivity index (χ0n) is 11.2. The number of likely N-dealkylation sites (tertiary alicyclic amines) is 1. The number of aliphatic hydroxyl groups excluding tert-OH is 1. The molecule has 1 aromatic carbocycles. The maximum Gasteiger partial charge on any atom is 0.0682 e. The first-order chi connectivity index (χ1) is 9.28. The molecule has 0 aliphatic carbocycles. The van der Waals surface area contributed by atoms with Crippen LogP contribution in [0.15, 0.2) is 22.7 Å². The van der Waals surface area contributed by atoms with Crippen LogP contribution in [-0.4, -0.2) is 42.2 Å². The van der Waals surface area contributed by atoms with E-state index < -0.39 is 0 Å². The van der Waals surface area contributed by atoms with Gasteiger partial charge in [-0.2, -0.15) is 0 Å². The molecule has 0 bridgehead atoms. The summed E-state index contributed by atoms with van der Waals surface area (Å²) in [7, 11) is 0. The number of hydrogen-bond acceptors (Lipinski definition) is 3. The molecule has 0 saturated carbocycles. The molecule has 1 N–H and O–H groups in total. The second-order valence-corrected chi connectivity index (χ2v) is 6.43. The molecule has 19 heavy (non-hydrogen) atoms. The quantitative estimate of drug-likeness (QED) is 0.925. The molecule has 3 nitrogen and oxygen atoms in total. The van der Waals surface area contributed by atoms with Crippen molar-refractivity contribution >= 4 is 21.6 Å². The van der Waals surface area contributed by atoms with Crippen LogP contribution >= 0.6 is 15.9 Å². The molecule has 1 unspecified atom stereocenters. The van der Waals surface area contributed by atoms with Gasteiger partial charge >= 0.3 is 0 Å². The van der Waals surface area contributed by atoms with Crippen molar-refractivity contribution in [2.24, 2.45) is 0 Å². The van der Waals surface area contributed by atoms with Crippen LogP contribution in [0.1, 0.15) is 24.8 Å². The molecular weight excluding hydrogens is 304 g/mol. The van der Waals surface area contributed by atoms with E-state index in [4.69, 9.17) is 5.11 Å². The van der Waals surface area contributed by atoms with E-state index >= 15 is 0 Å². The van der Waals surface area contributed by atoms with Gasteiger partial charge in [-0.1, -0.05) is 6.07 Å². The second-order valence-electron chi connectivity index (χ2n) is 5.58. The topological polar surface area (TPSA) is 26.7 Å². The highest BCUT2D eigenvalue weighted by molar-refractivity contribution is 9.10. The van der Waals surface area contributed by atoms with Crippen molar-refractivity contribution in [2.75, 3.05) is 31.1 Å². The minimum atomic E-state index is 0.106. The molecule has 104 valence electrons. The normalized spacial score (nSPS) is 24.3. The smallest absolute Gasteiger partial charge is 0.0682 e. The Morgan fingerprint density at radius 1 is 1.21 bits per heavy atom. The zero-order valence-corrected chi connectivity index (χ0v) is 12.8. The number of nitrogens with zero attached hydrogens (tertiary/aromatic N) is 2. The average molecular weight is 325 g/mol. The Hall–Kier alpha value is -0.580. The van der Waals surface area contributed by atoms with Crippen molar-refractivity contribution in [3.05, 3.63) is 28.2 Å². The van der Waals surface area contributed by atoms with Crippen molar-refractivity contribution in [3.8, 4) is 0 Å². The lowest BCUT2D eigenvalue weighted by Crippen LogP contribution is -2.35. The Kier molecular flexibility index (Phi) is 4.10. The van der Waals surface area contributed by atoms with Crippen LogP contribution in [0.2, 0.25) is 0 Å². The third-order valence-electron chi connectivity index (χ3n) is 4.36. The first-order valence-electron chi connectivity index (χ1n) is 7.16. The molecule has 2 heterocycles. The Bertz CT molecular complexity index is 446. The van der Waals surface area contributed by atoms with Crippen molar-refractivity contribution in [1.82, 2.24) is 4.90 Å². The molecule has 0 radical (unpaired) electrons. The van der Waals surface area contributed by atoms with Crippen LogP contribution in [-0.2, 0) is 6.61 Å². The van der Waals surface area contributed by atoms with Gasteiger partial charge in [-0.3, -0.25) is 4.90 Å². The molecule has 2 fully saturated rings. The van der Waals surface area contributed by atoms with Crippen molar-refractivity contribution in [3.63, 3.8) is 0 Å². The molecule has 1 atom stereocenters. The molecule has 2 saturated heterocycles. The van der Waals surface area contributed by atoms with Crippen LogP contribution in [0.3, 0.4) is 0 Å². The predicted molar refractivity (Wildman–Crippen MR) is 81.5 cm³/mol. The fraction of sp³-hybridized carbons (Fsp3) is 0.600. The van der Waals surface area contributed by atoms with Crippen molar-refractivity contribution < 1.29 is 5.11 Å².